The third-order valence-corrected chi connectivity index (χ3v) is 2.13. The molecule has 13 heavy (non-hydrogen) atoms. The number of aliphatic hydroxyl groups excluding tert-OH is 1. The van der Waals surface area contributed by atoms with Gasteiger partial charge in [0.15, 0.2) is 0 Å². The zero-order chi connectivity index (χ0) is 10.3. The summed E-state index contributed by atoms with van der Waals surface area (Å²) in [6.45, 7) is 0. The third kappa shape index (κ3) is 10.0. The predicted octanol–water partition coefficient (Wildman–Crippen LogP) is 2.79. The molecule has 0 aromatic heterocycles. The van der Waals surface area contributed by atoms with Crippen LogP contribution in [0, 0.1) is 0 Å². The van der Waals surface area contributed by atoms with Crippen LogP contribution in [0.15, 0.2) is 0 Å². The SMILES string of the molecule is OC(CS)CCCCCC(F)(F)F. The average Bonchev–Trinajstić information content (AvgIpc) is 2.01. The normalized spacial score (nSPS) is 14.5. The van der Waals surface area contributed by atoms with Gasteiger partial charge in [0.05, 0.1) is 6.10 Å². The molecule has 0 heterocycles. The second-order valence-electron chi connectivity index (χ2n) is 3.05. The topological polar surface area (TPSA) is 20.2 Å². The smallest absolute Gasteiger partial charge is 0.389 e. The molecule has 1 nitrogen and oxygen atoms in total. The molecular weight excluding hydrogens is 201 g/mol. The summed E-state index contributed by atoms with van der Waals surface area (Å²) in [7, 11) is 0. The number of aliphatic hydroxyl groups is 1. The van der Waals surface area contributed by atoms with Crippen LogP contribution in [0.25, 0.3) is 0 Å². The fourth-order valence-corrected chi connectivity index (χ4v) is 1.16. The van der Waals surface area contributed by atoms with E-state index in [9.17, 15) is 13.2 Å². The maximum atomic E-state index is 11.6. The van der Waals surface area contributed by atoms with Gasteiger partial charge < -0.3 is 5.11 Å². The van der Waals surface area contributed by atoms with Crippen LogP contribution in [0.4, 0.5) is 13.2 Å². The van der Waals surface area contributed by atoms with Gasteiger partial charge in [-0.25, -0.2) is 0 Å². The first-order valence-electron chi connectivity index (χ1n) is 4.31. The number of hydrogen-bond acceptors (Lipinski definition) is 2. The highest BCUT2D eigenvalue weighted by atomic mass is 32.1. The second-order valence-corrected chi connectivity index (χ2v) is 3.42. The molecule has 0 aromatic rings. The Morgan fingerprint density at radius 2 is 1.77 bits per heavy atom. The van der Waals surface area contributed by atoms with Crippen molar-refractivity contribution < 1.29 is 18.3 Å². The van der Waals surface area contributed by atoms with Gasteiger partial charge in [0, 0.05) is 12.2 Å². The lowest BCUT2D eigenvalue weighted by Crippen LogP contribution is -2.09. The average molecular weight is 216 g/mol. The van der Waals surface area contributed by atoms with E-state index in [1.807, 2.05) is 0 Å². The van der Waals surface area contributed by atoms with Crippen molar-refractivity contribution in [3.63, 3.8) is 0 Å². The quantitative estimate of drug-likeness (QED) is 0.516. The van der Waals surface area contributed by atoms with E-state index in [-0.39, 0.29) is 6.42 Å². The van der Waals surface area contributed by atoms with Crippen molar-refractivity contribution in [1.29, 1.82) is 0 Å². The van der Waals surface area contributed by atoms with E-state index in [1.165, 1.54) is 0 Å². The summed E-state index contributed by atoms with van der Waals surface area (Å²) in [5.74, 6) is 0.374. The molecule has 0 saturated heterocycles. The van der Waals surface area contributed by atoms with Gasteiger partial charge in [-0.15, -0.1) is 0 Å². The highest BCUT2D eigenvalue weighted by Crippen LogP contribution is 2.22. The van der Waals surface area contributed by atoms with Crippen LogP contribution < -0.4 is 0 Å². The first-order chi connectivity index (χ1) is 5.95. The Morgan fingerprint density at radius 1 is 1.15 bits per heavy atom. The van der Waals surface area contributed by atoms with Crippen LogP contribution in [0.3, 0.4) is 0 Å². The van der Waals surface area contributed by atoms with E-state index in [1.54, 1.807) is 0 Å². The van der Waals surface area contributed by atoms with Crippen LogP contribution in [-0.4, -0.2) is 23.1 Å². The second kappa shape index (κ2) is 6.54. The summed E-state index contributed by atoms with van der Waals surface area (Å²) in [6, 6.07) is 0. The minimum Gasteiger partial charge on any atom is -0.392 e. The van der Waals surface area contributed by atoms with E-state index >= 15 is 0 Å². The first kappa shape index (κ1) is 13.1. The zero-order valence-electron chi connectivity index (χ0n) is 7.35. The van der Waals surface area contributed by atoms with E-state index in [2.05, 4.69) is 12.6 Å². The predicted molar refractivity (Wildman–Crippen MR) is 49.0 cm³/mol. The van der Waals surface area contributed by atoms with Gasteiger partial charge in [-0.3, -0.25) is 0 Å². The van der Waals surface area contributed by atoms with Crippen molar-refractivity contribution in [2.75, 3.05) is 5.75 Å². The van der Waals surface area contributed by atoms with Crippen LogP contribution in [0.5, 0.6) is 0 Å². The number of unbranched alkanes of at least 4 members (excludes halogenated alkanes) is 2. The molecule has 0 aliphatic heterocycles. The summed E-state index contributed by atoms with van der Waals surface area (Å²) in [5.41, 5.74) is 0. The number of thiol groups is 1. The Morgan fingerprint density at radius 3 is 2.23 bits per heavy atom. The van der Waals surface area contributed by atoms with Crippen molar-refractivity contribution in [2.45, 2.75) is 44.4 Å². The number of hydrogen-bond donors (Lipinski definition) is 2. The van der Waals surface area contributed by atoms with E-state index in [4.69, 9.17) is 5.11 Å². The molecule has 0 bridgehead atoms. The van der Waals surface area contributed by atoms with Gasteiger partial charge in [0.25, 0.3) is 0 Å². The monoisotopic (exact) mass is 216 g/mol. The van der Waals surface area contributed by atoms with Crippen molar-refractivity contribution in [3.8, 4) is 0 Å². The van der Waals surface area contributed by atoms with Gasteiger partial charge in [-0.05, 0) is 12.8 Å². The Kier molecular flexibility index (Phi) is 6.59. The summed E-state index contributed by atoms with van der Waals surface area (Å²) >= 11 is 3.86. The van der Waals surface area contributed by atoms with Gasteiger partial charge in [-0.1, -0.05) is 12.8 Å². The molecule has 0 aliphatic rings. The standard InChI is InChI=1S/C8H15F3OS/c9-8(10,11)5-3-1-2-4-7(12)6-13/h7,12-13H,1-6H2. The molecule has 0 amide bonds. The number of halogens is 3. The third-order valence-electron chi connectivity index (χ3n) is 1.71. The Labute approximate surface area is 81.7 Å². The highest BCUT2D eigenvalue weighted by Gasteiger charge is 2.25. The maximum absolute atomic E-state index is 11.6. The molecule has 1 atom stereocenters. The molecule has 0 aromatic carbocycles. The molecule has 80 valence electrons. The first-order valence-corrected chi connectivity index (χ1v) is 4.94. The Balaban J connectivity index is 3.18. The van der Waals surface area contributed by atoms with Crippen LogP contribution >= 0.6 is 12.6 Å². The van der Waals surface area contributed by atoms with Crippen molar-refractivity contribution >= 4 is 12.6 Å². The summed E-state index contributed by atoms with van der Waals surface area (Å²) < 4.78 is 34.9. The van der Waals surface area contributed by atoms with Gasteiger partial charge >= 0.3 is 6.18 Å². The maximum Gasteiger partial charge on any atom is 0.389 e. The fraction of sp³-hybridized carbons (Fsp3) is 1.00. The lowest BCUT2D eigenvalue weighted by atomic mass is 10.1. The lowest BCUT2D eigenvalue weighted by Gasteiger charge is -2.07. The van der Waals surface area contributed by atoms with Gasteiger partial charge in [0.1, 0.15) is 0 Å². The minimum absolute atomic E-state index is 0.156. The van der Waals surface area contributed by atoms with Crippen molar-refractivity contribution in [2.24, 2.45) is 0 Å². The van der Waals surface area contributed by atoms with Crippen LogP contribution in [0.1, 0.15) is 32.1 Å². The van der Waals surface area contributed by atoms with Crippen LogP contribution in [0.2, 0.25) is 0 Å². The Hall–Kier alpha value is 0.100. The lowest BCUT2D eigenvalue weighted by molar-refractivity contribution is -0.135. The van der Waals surface area contributed by atoms with Crippen LogP contribution in [-0.2, 0) is 0 Å². The molecule has 0 spiro atoms. The summed E-state index contributed by atoms with van der Waals surface area (Å²) in [4.78, 5) is 0. The molecule has 1 N–H and O–H groups in total. The molecule has 0 radical (unpaired) electrons. The van der Waals surface area contributed by atoms with Crippen molar-refractivity contribution in [3.05, 3.63) is 0 Å². The largest absolute Gasteiger partial charge is 0.392 e. The molecule has 5 heteroatoms. The van der Waals surface area contributed by atoms with Gasteiger partial charge in [-0.2, -0.15) is 25.8 Å². The number of alkyl halides is 3. The summed E-state index contributed by atoms with van der Waals surface area (Å²) in [5, 5.41) is 9.02. The molecule has 0 fully saturated rings. The molecular formula is C8H15F3OS. The zero-order valence-corrected chi connectivity index (χ0v) is 8.24. The minimum atomic E-state index is -4.04. The van der Waals surface area contributed by atoms with Gasteiger partial charge in [0.2, 0.25) is 0 Å². The molecule has 0 aliphatic carbocycles. The highest BCUT2D eigenvalue weighted by molar-refractivity contribution is 7.80. The van der Waals surface area contributed by atoms with Crippen molar-refractivity contribution in [1.82, 2.24) is 0 Å². The van der Waals surface area contributed by atoms with E-state index in [0.717, 1.165) is 0 Å². The summed E-state index contributed by atoms with van der Waals surface area (Å²) in [6.07, 6.45) is -3.38. The van der Waals surface area contributed by atoms with E-state index in [0.29, 0.717) is 25.0 Å². The molecule has 1 unspecified atom stereocenters. The fourth-order valence-electron chi connectivity index (χ4n) is 0.973. The molecule has 0 rings (SSSR count). The molecule has 0 saturated carbocycles. The van der Waals surface area contributed by atoms with E-state index < -0.39 is 18.7 Å². The Bertz CT molecular complexity index is 127. The number of rotatable bonds is 6.